The molecule has 0 atom stereocenters. The van der Waals surface area contributed by atoms with E-state index in [2.05, 4.69) is 21.7 Å². The summed E-state index contributed by atoms with van der Waals surface area (Å²) in [6, 6.07) is 11.7. The number of benzene rings is 1. The van der Waals surface area contributed by atoms with Crippen LogP contribution in [-0.4, -0.2) is 25.0 Å². The lowest BCUT2D eigenvalue weighted by Crippen LogP contribution is -2.18. The van der Waals surface area contributed by atoms with E-state index in [4.69, 9.17) is 4.42 Å². The Morgan fingerprint density at radius 1 is 1.21 bits per heavy atom. The third-order valence-corrected chi connectivity index (χ3v) is 4.46. The van der Waals surface area contributed by atoms with Crippen LogP contribution in [0.4, 0.5) is 5.82 Å². The first-order valence-electron chi connectivity index (χ1n) is 8.15. The van der Waals surface area contributed by atoms with Gasteiger partial charge in [-0.1, -0.05) is 30.3 Å². The van der Waals surface area contributed by atoms with Crippen molar-refractivity contribution in [3.63, 3.8) is 0 Å². The number of rotatable bonds is 4. The van der Waals surface area contributed by atoms with Crippen LogP contribution in [0.2, 0.25) is 0 Å². The van der Waals surface area contributed by atoms with Crippen LogP contribution in [0.15, 0.2) is 40.8 Å². The fourth-order valence-electron chi connectivity index (χ4n) is 3.09. The summed E-state index contributed by atoms with van der Waals surface area (Å²) in [5.41, 5.74) is 3.07. The van der Waals surface area contributed by atoms with Crippen LogP contribution >= 0.6 is 0 Å². The molecule has 0 unspecified atom stereocenters. The smallest absolute Gasteiger partial charge is 0.255 e. The third-order valence-electron chi connectivity index (χ3n) is 4.46. The van der Waals surface area contributed by atoms with Gasteiger partial charge in [-0.3, -0.25) is 4.79 Å². The predicted octanol–water partition coefficient (Wildman–Crippen LogP) is 3.77. The van der Waals surface area contributed by atoms with Crippen molar-refractivity contribution in [3.05, 3.63) is 47.5 Å². The average Bonchev–Trinajstić information content (AvgIpc) is 3.41. The van der Waals surface area contributed by atoms with Crippen LogP contribution < -0.4 is 10.6 Å². The molecule has 0 aliphatic heterocycles. The van der Waals surface area contributed by atoms with Crippen LogP contribution in [0.5, 0.6) is 0 Å². The molecule has 1 aliphatic rings. The molecule has 2 aromatic heterocycles. The maximum atomic E-state index is 12.5. The third kappa shape index (κ3) is 2.33. The Balaban J connectivity index is 2.00. The van der Waals surface area contributed by atoms with Gasteiger partial charge in [0, 0.05) is 19.7 Å². The highest BCUT2D eigenvalue weighted by Gasteiger charge is 2.30. The van der Waals surface area contributed by atoms with Gasteiger partial charge >= 0.3 is 0 Å². The number of hydrogen-bond acceptors (Lipinski definition) is 4. The van der Waals surface area contributed by atoms with Crippen molar-refractivity contribution in [2.24, 2.45) is 0 Å². The van der Waals surface area contributed by atoms with Crippen LogP contribution in [0.3, 0.4) is 0 Å². The topological polar surface area (TPSA) is 67.2 Å². The quantitative estimate of drug-likeness (QED) is 0.767. The van der Waals surface area contributed by atoms with Gasteiger partial charge in [0.15, 0.2) is 0 Å². The summed E-state index contributed by atoms with van der Waals surface area (Å²) >= 11 is 0. The zero-order chi connectivity index (χ0) is 16.7. The standard InChI is InChI=1S/C19H19N3O2/c1-20-17-13(11-8-9-11)10-14-15(18(23)21-2)16(24-19(14)22-17)12-6-4-3-5-7-12/h3-7,10-11H,8-9H2,1-2H3,(H,20,22)(H,21,23). The molecule has 3 aromatic rings. The van der Waals surface area contributed by atoms with E-state index >= 15 is 0 Å². The lowest BCUT2D eigenvalue weighted by atomic mass is 10.0. The summed E-state index contributed by atoms with van der Waals surface area (Å²) < 4.78 is 5.99. The van der Waals surface area contributed by atoms with E-state index in [1.807, 2.05) is 37.4 Å². The van der Waals surface area contributed by atoms with Gasteiger partial charge < -0.3 is 15.1 Å². The first-order chi connectivity index (χ1) is 11.7. The second-order valence-corrected chi connectivity index (χ2v) is 6.05. The molecule has 0 saturated heterocycles. The number of aromatic nitrogens is 1. The molecule has 2 heterocycles. The van der Waals surface area contributed by atoms with E-state index in [1.165, 1.54) is 12.8 Å². The second kappa shape index (κ2) is 5.67. The Kier molecular flexibility index (Phi) is 3.49. The normalized spacial score (nSPS) is 13.9. The largest absolute Gasteiger partial charge is 0.437 e. The van der Waals surface area contributed by atoms with Crippen molar-refractivity contribution in [2.45, 2.75) is 18.8 Å². The number of nitrogens with one attached hydrogen (secondary N) is 2. The fraction of sp³-hybridized carbons (Fsp3) is 0.263. The molecule has 1 amide bonds. The van der Waals surface area contributed by atoms with Crippen molar-refractivity contribution >= 4 is 22.8 Å². The van der Waals surface area contributed by atoms with Crippen molar-refractivity contribution in [3.8, 4) is 11.3 Å². The SMILES string of the molecule is CNC(=O)c1c(-c2ccccc2)oc2nc(NC)c(C3CC3)cc12. The van der Waals surface area contributed by atoms with Gasteiger partial charge in [-0.25, -0.2) is 0 Å². The Labute approximate surface area is 140 Å². The zero-order valence-electron chi connectivity index (χ0n) is 13.7. The monoisotopic (exact) mass is 321 g/mol. The van der Waals surface area contributed by atoms with Gasteiger partial charge in [0.1, 0.15) is 11.6 Å². The molecule has 4 rings (SSSR count). The molecular weight excluding hydrogens is 302 g/mol. The molecule has 1 aromatic carbocycles. The van der Waals surface area contributed by atoms with Crippen LogP contribution in [0.25, 0.3) is 22.4 Å². The number of amides is 1. The van der Waals surface area contributed by atoms with Crippen molar-refractivity contribution in [1.29, 1.82) is 0 Å². The zero-order valence-corrected chi connectivity index (χ0v) is 13.7. The Morgan fingerprint density at radius 3 is 2.58 bits per heavy atom. The van der Waals surface area contributed by atoms with Gasteiger partial charge in [-0.05, 0) is 30.4 Å². The molecule has 2 N–H and O–H groups in total. The summed E-state index contributed by atoms with van der Waals surface area (Å²) in [5.74, 6) is 1.76. The fourth-order valence-corrected chi connectivity index (χ4v) is 3.09. The molecule has 0 bridgehead atoms. The minimum Gasteiger partial charge on any atom is -0.437 e. The number of pyridine rings is 1. The van der Waals surface area contributed by atoms with Crippen LogP contribution in [0, 0.1) is 0 Å². The number of anilines is 1. The van der Waals surface area contributed by atoms with E-state index in [0.29, 0.717) is 23.0 Å². The summed E-state index contributed by atoms with van der Waals surface area (Å²) in [6.45, 7) is 0. The maximum Gasteiger partial charge on any atom is 0.255 e. The maximum absolute atomic E-state index is 12.5. The Bertz CT molecular complexity index is 911. The minimum atomic E-state index is -0.159. The van der Waals surface area contributed by atoms with Crippen molar-refractivity contribution in [2.75, 3.05) is 19.4 Å². The molecule has 1 saturated carbocycles. The number of nitrogens with zero attached hydrogens (tertiary/aromatic N) is 1. The molecule has 0 spiro atoms. The van der Waals surface area contributed by atoms with E-state index in [0.717, 1.165) is 22.3 Å². The number of carbonyl (C=O) groups is 1. The molecule has 122 valence electrons. The number of furan rings is 1. The van der Waals surface area contributed by atoms with Gasteiger partial charge in [0.25, 0.3) is 5.91 Å². The predicted molar refractivity (Wildman–Crippen MR) is 94.4 cm³/mol. The molecule has 24 heavy (non-hydrogen) atoms. The van der Waals surface area contributed by atoms with Crippen molar-refractivity contribution < 1.29 is 9.21 Å². The van der Waals surface area contributed by atoms with E-state index in [1.54, 1.807) is 7.05 Å². The molecule has 0 radical (unpaired) electrons. The van der Waals surface area contributed by atoms with Crippen LogP contribution in [0.1, 0.15) is 34.7 Å². The number of hydrogen-bond donors (Lipinski definition) is 2. The molecule has 1 fully saturated rings. The lowest BCUT2D eigenvalue weighted by Gasteiger charge is -2.07. The van der Waals surface area contributed by atoms with E-state index < -0.39 is 0 Å². The average molecular weight is 321 g/mol. The highest BCUT2D eigenvalue weighted by molar-refractivity contribution is 6.10. The summed E-state index contributed by atoms with van der Waals surface area (Å²) in [5, 5.41) is 6.64. The lowest BCUT2D eigenvalue weighted by molar-refractivity contribution is 0.0964. The van der Waals surface area contributed by atoms with Crippen LogP contribution in [-0.2, 0) is 0 Å². The first kappa shape index (κ1) is 14.8. The summed E-state index contributed by atoms with van der Waals surface area (Å²) in [6.07, 6.45) is 2.33. The first-order valence-corrected chi connectivity index (χ1v) is 8.15. The summed E-state index contributed by atoms with van der Waals surface area (Å²) in [4.78, 5) is 17.1. The van der Waals surface area contributed by atoms with Gasteiger partial charge in [0.2, 0.25) is 5.71 Å². The number of fused-ring (bicyclic) bond motifs is 1. The highest BCUT2D eigenvalue weighted by Crippen LogP contribution is 2.45. The molecular formula is C19H19N3O2. The van der Waals surface area contributed by atoms with E-state index in [9.17, 15) is 4.79 Å². The molecule has 1 aliphatic carbocycles. The van der Waals surface area contributed by atoms with Crippen molar-refractivity contribution in [1.82, 2.24) is 10.3 Å². The van der Waals surface area contributed by atoms with Gasteiger partial charge in [0.05, 0.1) is 10.9 Å². The second-order valence-electron chi connectivity index (χ2n) is 6.05. The minimum absolute atomic E-state index is 0.159. The number of carbonyl (C=O) groups excluding carboxylic acids is 1. The van der Waals surface area contributed by atoms with E-state index in [-0.39, 0.29) is 5.91 Å². The molecule has 5 heteroatoms. The highest BCUT2D eigenvalue weighted by atomic mass is 16.3. The molecule has 5 nitrogen and oxygen atoms in total. The Hall–Kier alpha value is -2.82. The van der Waals surface area contributed by atoms with Gasteiger partial charge in [-0.15, -0.1) is 0 Å². The Morgan fingerprint density at radius 2 is 1.96 bits per heavy atom. The van der Waals surface area contributed by atoms with Gasteiger partial charge in [-0.2, -0.15) is 4.98 Å². The summed E-state index contributed by atoms with van der Waals surface area (Å²) in [7, 11) is 3.49.